The lowest BCUT2D eigenvalue weighted by molar-refractivity contribution is 0.908. The maximum absolute atomic E-state index is 5.72. The first kappa shape index (κ1) is 11.2. The topological polar surface area (TPSA) is 25.8 Å². The number of rotatable bonds is 4. The average molecular weight is 259 g/mol. The van der Waals surface area contributed by atoms with Crippen LogP contribution in [0.15, 0.2) is 22.8 Å². The van der Waals surface area contributed by atoms with Gasteiger partial charge in [-0.2, -0.15) is 0 Å². The van der Waals surface area contributed by atoms with Gasteiger partial charge in [-0.25, -0.2) is 9.97 Å². The van der Waals surface area contributed by atoms with E-state index in [4.69, 9.17) is 11.6 Å². The molecule has 0 aliphatic carbocycles. The van der Waals surface area contributed by atoms with E-state index >= 15 is 0 Å². The quantitative estimate of drug-likeness (QED) is 0.474. The van der Waals surface area contributed by atoms with Crippen LogP contribution in [-0.2, 0) is 0 Å². The molecule has 2 heterocycles. The van der Waals surface area contributed by atoms with Gasteiger partial charge in [-0.05, 0) is 17.9 Å². The normalized spacial score (nSPS) is 13.2. The fourth-order valence-electron chi connectivity index (χ4n) is 1.26. The van der Waals surface area contributed by atoms with Gasteiger partial charge in [0.2, 0.25) is 0 Å². The third-order valence-electron chi connectivity index (χ3n) is 2.05. The summed E-state index contributed by atoms with van der Waals surface area (Å²) in [6, 6.07) is 2.08. The minimum absolute atomic E-state index is 0.500. The third-order valence-corrected chi connectivity index (χ3v) is 4.28. The minimum Gasteiger partial charge on any atom is -0.229 e. The second-order valence-electron chi connectivity index (χ2n) is 3.22. The van der Waals surface area contributed by atoms with Crippen molar-refractivity contribution in [2.24, 2.45) is 0 Å². The Morgan fingerprint density at radius 1 is 1.53 bits per heavy atom. The summed E-state index contributed by atoms with van der Waals surface area (Å²) in [6.07, 6.45) is 2.64. The Balaban J connectivity index is 2.23. The van der Waals surface area contributed by atoms with Crippen molar-refractivity contribution < 1.29 is 0 Å². The highest BCUT2D eigenvalue weighted by molar-refractivity contribution is 8.00. The Bertz CT molecular complexity index is 444. The minimum atomic E-state index is 0.500. The molecule has 0 spiro atoms. The van der Waals surface area contributed by atoms with Gasteiger partial charge in [-0.15, -0.1) is 34.7 Å². The summed E-state index contributed by atoms with van der Waals surface area (Å²) in [5.74, 6) is 0.700. The molecule has 0 aromatic carbocycles. The summed E-state index contributed by atoms with van der Waals surface area (Å²) in [4.78, 5) is 9.60. The number of hydrogen-bond acceptors (Lipinski definition) is 4. The van der Waals surface area contributed by atoms with E-state index < -0.39 is 0 Å². The standard InChI is InChI=1S/C10H11ClN2S2/c1-7(2-4-11)15-10-8-3-5-14-9(8)12-6-13-10/h3,5-7H,2,4H2,1H3. The number of thioether (sulfide) groups is 1. The molecular formula is C10H11ClN2S2. The molecule has 5 heteroatoms. The van der Waals surface area contributed by atoms with Gasteiger partial charge in [-0.3, -0.25) is 0 Å². The Hall–Kier alpha value is -0.320. The fraction of sp³-hybridized carbons (Fsp3) is 0.400. The van der Waals surface area contributed by atoms with Crippen LogP contribution in [0.3, 0.4) is 0 Å². The molecule has 0 N–H and O–H groups in total. The van der Waals surface area contributed by atoms with E-state index in [2.05, 4.69) is 28.3 Å². The zero-order chi connectivity index (χ0) is 10.7. The molecule has 80 valence electrons. The number of nitrogens with zero attached hydrogens (tertiary/aromatic N) is 2. The molecule has 0 saturated carbocycles. The van der Waals surface area contributed by atoms with Crippen molar-refractivity contribution in [3.05, 3.63) is 17.8 Å². The molecule has 1 unspecified atom stereocenters. The smallest absolute Gasteiger partial charge is 0.127 e. The Morgan fingerprint density at radius 2 is 2.40 bits per heavy atom. The molecule has 2 rings (SSSR count). The summed E-state index contributed by atoms with van der Waals surface area (Å²) in [7, 11) is 0. The van der Waals surface area contributed by atoms with Crippen molar-refractivity contribution in [2.45, 2.75) is 23.6 Å². The molecule has 0 radical (unpaired) electrons. The molecule has 2 aromatic heterocycles. The molecule has 0 aliphatic rings. The van der Waals surface area contributed by atoms with E-state index in [1.165, 1.54) is 0 Å². The van der Waals surface area contributed by atoms with Crippen LogP contribution in [0.25, 0.3) is 10.2 Å². The first-order valence-corrected chi connectivity index (χ1v) is 7.01. The lowest BCUT2D eigenvalue weighted by Gasteiger charge is -2.08. The number of fused-ring (bicyclic) bond motifs is 1. The van der Waals surface area contributed by atoms with Gasteiger partial charge in [0.15, 0.2) is 0 Å². The summed E-state index contributed by atoms with van der Waals surface area (Å²) in [5.41, 5.74) is 0. The molecule has 1 atom stereocenters. The summed E-state index contributed by atoms with van der Waals surface area (Å²) in [5, 5.41) is 4.78. The highest BCUT2D eigenvalue weighted by atomic mass is 35.5. The van der Waals surface area contributed by atoms with E-state index in [9.17, 15) is 0 Å². The molecule has 0 fully saturated rings. The van der Waals surface area contributed by atoms with Gasteiger partial charge < -0.3 is 0 Å². The molecule has 0 saturated heterocycles. The predicted octanol–water partition coefficient (Wildman–Crippen LogP) is 3.80. The van der Waals surface area contributed by atoms with Crippen LogP contribution in [-0.4, -0.2) is 21.1 Å². The van der Waals surface area contributed by atoms with E-state index in [1.807, 2.05) is 0 Å². The van der Waals surface area contributed by atoms with Gasteiger partial charge in [0.05, 0.1) is 0 Å². The highest BCUT2D eigenvalue weighted by Gasteiger charge is 2.09. The number of aromatic nitrogens is 2. The zero-order valence-corrected chi connectivity index (χ0v) is 10.7. The molecular weight excluding hydrogens is 248 g/mol. The van der Waals surface area contributed by atoms with Crippen LogP contribution >= 0.6 is 34.7 Å². The molecule has 2 nitrogen and oxygen atoms in total. The second kappa shape index (κ2) is 5.14. The summed E-state index contributed by atoms with van der Waals surface area (Å²) >= 11 is 9.14. The van der Waals surface area contributed by atoms with Crippen LogP contribution < -0.4 is 0 Å². The maximum Gasteiger partial charge on any atom is 0.127 e. The van der Waals surface area contributed by atoms with Crippen molar-refractivity contribution in [2.75, 3.05) is 5.88 Å². The van der Waals surface area contributed by atoms with Crippen LogP contribution in [0.4, 0.5) is 0 Å². The fourth-order valence-corrected chi connectivity index (χ4v) is 3.53. The Kier molecular flexibility index (Phi) is 3.83. The lowest BCUT2D eigenvalue weighted by atomic mass is 10.4. The van der Waals surface area contributed by atoms with Gasteiger partial charge in [0, 0.05) is 16.5 Å². The first-order chi connectivity index (χ1) is 7.31. The average Bonchev–Trinajstić information content (AvgIpc) is 2.67. The molecule has 0 aliphatic heterocycles. The summed E-state index contributed by atoms with van der Waals surface area (Å²) < 4.78 is 0. The SMILES string of the molecule is CC(CCCl)Sc1ncnc2sccc12. The maximum atomic E-state index is 5.72. The van der Waals surface area contributed by atoms with Crippen molar-refractivity contribution in [1.82, 2.24) is 9.97 Å². The van der Waals surface area contributed by atoms with Crippen LogP contribution in [0.5, 0.6) is 0 Å². The van der Waals surface area contributed by atoms with Gasteiger partial charge >= 0.3 is 0 Å². The molecule has 15 heavy (non-hydrogen) atoms. The summed E-state index contributed by atoms with van der Waals surface area (Å²) in [6.45, 7) is 2.17. The first-order valence-electron chi connectivity index (χ1n) is 4.72. The zero-order valence-electron chi connectivity index (χ0n) is 8.31. The van der Waals surface area contributed by atoms with Crippen molar-refractivity contribution >= 4 is 44.9 Å². The largest absolute Gasteiger partial charge is 0.229 e. The molecule has 2 aromatic rings. The van der Waals surface area contributed by atoms with Crippen LogP contribution in [0.2, 0.25) is 0 Å². The van der Waals surface area contributed by atoms with Gasteiger partial charge in [0.25, 0.3) is 0 Å². The van der Waals surface area contributed by atoms with Gasteiger partial charge in [0.1, 0.15) is 16.2 Å². The number of alkyl halides is 1. The number of hydrogen-bond donors (Lipinski definition) is 0. The predicted molar refractivity (Wildman–Crippen MR) is 68.1 cm³/mol. The van der Waals surface area contributed by atoms with E-state index in [0.29, 0.717) is 11.1 Å². The monoisotopic (exact) mass is 258 g/mol. The van der Waals surface area contributed by atoms with Gasteiger partial charge in [-0.1, -0.05) is 6.92 Å². The van der Waals surface area contributed by atoms with E-state index in [-0.39, 0.29) is 0 Å². The van der Waals surface area contributed by atoms with Crippen molar-refractivity contribution in [3.8, 4) is 0 Å². The second-order valence-corrected chi connectivity index (χ2v) is 5.92. The van der Waals surface area contributed by atoms with Crippen LogP contribution in [0.1, 0.15) is 13.3 Å². The van der Waals surface area contributed by atoms with Crippen LogP contribution in [0, 0.1) is 0 Å². The molecule has 0 amide bonds. The highest BCUT2D eigenvalue weighted by Crippen LogP contribution is 2.31. The third kappa shape index (κ3) is 2.62. The van der Waals surface area contributed by atoms with E-state index in [1.54, 1.807) is 29.4 Å². The van der Waals surface area contributed by atoms with E-state index in [0.717, 1.165) is 21.7 Å². The Morgan fingerprint density at radius 3 is 3.20 bits per heavy atom. The molecule has 0 bridgehead atoms. The number of thiophene rings is 1. The van der Waals surface area contributed by atoms with Crippen molar-refractivity contribution in [3.63, 3.8) is 0 Å². The lowest BCUT2D eigenvalue weighted by Crippen LogP contribution is -1.97. The van der Waals surface area contributed by atoms with Crippen molar-refractivity contribution in [1.29, 1.82) is 0 Å². The number of halogens is 1. The Labute approximate surface area is 102 Å².